The number of benzene rings is 1. The highest BCUT2D eigenvalue weighted by atomic mass is 16.5. The van der Waals surface area contributed by atoms with Crippen LogP contribution in [0.3, 0.4) is 0 Å². The van der Waals surface area contributed by atoms with Crippen LogP contribution in [0.15, 0.2) is 28.7 Å². The van der Waals surface area contributed by atoms with Crippen LogP contribution < -0.4 is 0 Å². The fraction of sp³-hybridized carbons (Fsp3) is 0.462. The molecule has 2 aromatic rings. The van der Waals surface area contributed by atoms with Crippen molar-refractivity contribution in [2.45, 2.75) is 25.9 Å². The van der Waals surface area contributed by atoms with Crippen LogP contribution >= 0.6 is 0 Å². The molecule has 0 aliphatic rings. The number of fused-ring (bicyclic) bond motifs is 1. The van der Waals surface area contributed by atoms with Gasteiger partial charge in [-0.05, 0) is 25.5 Å². The van der Waals surface area contributed by atoms with E-state index < -0.39 is 6.10 Å². The summed E-state index contributed by atoms with van der Waals surface area (Å²) in [6, 6.07) is 7.59. The first-order chi connectivity index (χ1) is 8.29. The number of aliphatic hydroxyl groups excluding tert-OH is 1. The van der Waals surface area contributed by atoms with Gasteiger partial charge in [0.1, 0.15) is 5.52 Å². The summed E-state index contributed by atoms with van der Waals surface area (Å²) in [5.74, 6) is 0.579. The van der Waals surface area contributed by atoms with E-state index in [9.17, 15) is 5.11 Å². The van der Waals surface area contributed by atoms with Crippen LogP contribution in [-0.4, -0.2) is 29.4 Å². The van der Waals surface area contributed by atoms with Crippen molar-refractivity contribution in [3.05, 3.63) is 30.2 Å². The van der Waals surface area contributed by atoms with E-state index in [-0.39, 0.29) is 0 Å². The Balaban J connectivity index is 1.93. The van der Waals surface area contributed by atoms with Gasteiger partial charge in [0.05, 0.1) is 12.5 Å². The summed E-state index contributed by atoms with van der Waals surface area (Å²) in [5, 5.41) is 9.77. The van der Waals surface area contributed by atoms with Gasteiger partial charge in [0, 0.05) is 13.2 Å². The first-order valence-electron chi connectivity index (χ1n) is 5.90. The second-order valence-electron chi connectivity index (χ2n) is 3.92. The number of oxazole rings is 1. The van der Waals surface area contributed by atoms with Crippen molar-refractivity contribution in [2.24, 2.45) is 0 Å². The number of nitrogens with zero attached hydrogens (tertiary/aromatic N) is 1. The van der Waals surface area contributed by atoms with Crippen LogP contribution in [0.1, 0.15) is 19.2 Å². The van der Waals surface area contributed by atoms with Gasteiger partial charge in [-0.25, -0.2) is 4.98 Å². The molecule has 0 bridgehead atoms. The fourth-order valence-corrected chi connectivity index (χ4v) is 1.67. The highest BCUT2D eigenvalue weighted by molar-refractivity contribution is 5.72. The van der Waals surface area contributed by atoms with Crippen LogP contribution in [-0.2, 0) is 11.2 Å². The molecule has 4 heteroatoms. The Kier molecular flexibility index (Phi) is 4.12. The fourth-order valence-electron chi connectivity index (χ4n) is 1.67. The molecular weight excluding hydrogens is 218 g/mol. The Morgan fingerprint density at radius 2 is 2.24 bits per heavy atom. The summed E-state index contributed by atoms with van der Waals surface area (Å²) in [4.78, 5) is 4.31. The van der Waals surface area contributed by atoms with E-state index in [1.54, 1.807) is 0 Å². The first kappa shape index (κ1) is 12.1. The lowest BCUT2D eigenvalue weighted by Crippen LogP contribution is -2.13. The Morgan fingerprint density at radius 3 is 3.00 bits per heavy atom. The van der Waals surface area contributed by atoms with Gasteiger partial charge in [-0.15, -0.1) is 0 Å². The minimum Gasteiger partial charge on any atom is -0.441 e. The van der Waals surface area contributed by atoms with E-state index in [0.717, 1.165) is 11.1 Å². The molecule has 0 radical (unpaired) electrons. The van der Waals surface area contributed by atoms with E-state index in [1.165, 1.54) is 0 Å². The topological polar surface area (TPSA) is 55.5 Å². The molecule has 0 saturated heterocycles. The van der Waals surface area contributed by atoms with Gasteiger partial charge in [0.25, 0.3) is 0 Å². The largest absolute Gasteiger partial charge is 0.441 e. The molecule has 0 fully saturated rings. The molecule has 1 aromatic carbocycles. The maximum absolute atomic E-state index is 9.77. The summed E-state index contributed by atoms with van der Waals surface area (Å²) < 4.78 is 10.7. The maximum atomic E-state index is 9.77. The Morgan fingerprint density at radius 1 is 1.41 bits per heavy atom. The average Bonchev–Trinajstić information content (AvgIpc) is 2.71. The number of hydrogen-bond donors (Lipinski definition) is 1. The molecule has 0 aliphatic heterocycles. The third kappa shape index (κ3) is 3.28. The van der Waals surface area contributed by atoms with Crippen molar-refractivity contribution < 1.29 is 14.3 Å². The molecule has 1 unspecified atom stereocenters. The van der Waals surface area contributed by atoms with Crippen LogP contribution in [0.5, 0.6) is 0 Å². The zero-order valence-electron chi connectivity index (χ0n) is 9.93. The lowest BCUT2D eigenvalue weighted by molar-refractivity contribution is 0.0857. The van der Waals surface area contributed by atoms with Crippen molar-refractivity contribution >= 4 is 11.1 Å². The number of aromatic nitrogens is 1. The molecule has 1 N–H and O–H groups in total. The first-order valence-corrected chi connectivity index (χ1v) is 5.90. The zero-order chi connectivity index (χ0) is 12.1. The van der Waals surface area contributed by atoms with Crippen molar-refractivity contribution in [2.75, 3.05) is 13.2 Å². The molecule has 0 saturated carbocycles. The quantitative estimate of drug-likeness (QED) is 0.779. The summed E-state index contributed by atoms with van der Waals surface area (Å²) in [6.07, 6.45) is 0.573. The molecule has 0 aliphatic carbocycles. The van der Waals surface area contributed by atoms with Crippen molar-refractivity contribution in [1.29, 1.82) is 0 Å². The van der Waals surface area contributed by atoms with Gasteiger partial charge >= 0.3 is 0 Å². The third-order valence-corrected chi connectivity index (χ3v) is 2.55. The lowest BCUT2D eigenvalue weighted by Gasteiger charge is -2.07. The Labute approximate surface area is 100 Å². The second kappa shape index (κ2) is 5.80. The van der Waals surface area contributed by atoms with Crippen molar-refractivity contribution in [3.63, 3.8) is 0 Å². The molecule has 4 nitrogen and oxygen atoms in total. The summed E-state index contributed by atoms with van der Waals surface area (Å²) in [5.41, 5.74) is 1.60. The molecule has 1 atom stereocenters. The van der Waals surface area contributed by atoms with Crippen molar-refractivity contribution in [1.82, 2.24) is 4.98 Å². The smallest absolute Gasteiger partial charge is 0.198 e. The predicted octanol–water partition coefficient (Wildman–Crippen LogP) is 2.16. The minimum atomic E-state index is -0.463. The summed E-state index contributed by atoms with van der Waals surface area (Å²) in [6.45, 7) is 3.18. The van der Waals surface area contributed by atoms with Gasteiger partial charge < -0.3 is 14.3 Å². The van der Waals surface area contributed by atoms with Gasteiger partial charge in [0.2, 0.25) is 0 Å². The Bertz CT molecular complexity index is 433. The number of aliphatic hydroxyl groups is 1. The van der Waals surface area contributed by atoms with E-state index in [0.29, 0.717) is 31.9 Å². The summed E-state index contributed by atoms with van der Waals surface area (Å²) >= 11 is 0. The van der Waals surface area contributed by atoms with Gasteiger partial charge in [-0.2, -0.15) is 0 Å². The van der Waals surface area contributed by atoms with Crippen molar-refractivity contribution in [3.8, 4) is 0 Å². The summed E-state index contributed by atoms with van der Waals surface area (Å²) in [7, 11) is 0. The van der Waals surface area contributed by atoms with Gasteiger partial charge in [0.15, 0.2) is 11.5 Å². The lowest BCUT2D eigenvalue weighted by atomic mass is 10.2. The van der Waals surface area contributed by atoms with E-state index in [4.69, 9.17) is 9.15 Å². The molecule has 0 amide bonds. The van der Waals surface area contributed by atoms with Crippen LogP contribution in [0.2, 0.25) is 0 Å². The number of para-hydroxylation sites is 2. The standard InChI is InChI=1S/C13H17NO3/c1-2-16-8-7-10(15)9-13-14-11-5-3-4-6-12(11)17-13/h3-6,10,15H,2,7-9H2,1H3. The Hall–Kier alpha value is -1.39. The average molecular weight is 235 g/mol. The molecule has 17 heavy (non-hydrogen) atoms. The zero-order valence-corrected chi connectivity index (χ0v) is 9.93. The molecule has 1 aromatic heterocycles. The molecule has 92 valence electrons. The number of rotatable bonds is 6. The van der Waals surface area contributed by atoms with E-state index in [2.05, 4.69) is 4.98 Å². The maximum Gasteiger partial charge on any atom is 0.198 e. The SMILES string of the molecule is CCOCCC(O)Cc1nc2ccccc2o1. The van der Waals surface area contributed by atoms with Crippen LogP contribution in [0.25, 0.3) is 11.1 Å². The predicted molar refractivity (Wildman–Crippen MR) is 64.8 cm³/mol. The normalized spacial score (nSPS) is 13.1. The highest BCUT2D eigenvalue weighted by Gasteiger charge is 2.11. The molecule has 1 heterocycles. The van der Waals surface area contributed by atoms with E-state index >= 15 is 0 Å². The number of ether oxygens (including phenoxy) is 1. The highest BCUT2D eigenvalue weighted by Crippen LogP contribution is 2.16. The third-order valence-electron chi connectivity index (χ3n) is 2.55. The molecule has 2 rings (SSSR count). The van der Waals surface area contributed by atoms with Gasteiger partial charge in [-0.1, -0.05) is 12.1 Å². The second-order valence-corrected chi connectivity index (χ2v) is 3.92. The monoisotopic (exact) mass is 235 g/mol. The molecule has 0 spiro atoms. The van der Waals surface area contributed by atoms with E-state index in [1.807, 2.05) is 31.2 Å². The minimum absolute atomic E-state index is 0.432. The molecular formula is C13H17NO3. The van der Waals surface area contributed by atoms with Gasteiger partial charge in [-0.3, -0.25) is 0 Å². The van der Waals surface area contributed by atoms with Crippen LogP contribution in [0.4, 0.5) is 0 Å². The number of hydrogen-bond acceptors (Lipinski definition) is 4. The van der Waals surface area contributed by atoms with Crippen LogP contribution in [0, 0.1) is 0 Å².